The van der Waals surface area contributed by atoms with Gasteiger partial charge in [-0.2, -0.15) is 0 Å². The number of halogens is 2. The number of sulfonamides is 1. The number of para-hydroxylation sites is 4. The normalized spacial score (nSPS) is 11.0. The quantitative estimate of drug-likeness (QED) is 0.199. The molecule has 0 saturated heterocycles. The summed E-state index contributed by atoms with van der Waals surface area (Å²) in [6.07, 6.45) is 0. The Balaban J connectivity index is 1.69. The average molecular weight is 602 g/mol. The van der Waals surface area contributed by atoms with E-state index in [1.165, 1.54) is 37.4 Å². The zero-order valence-corrected chi connectivity index (χ0v) is 24.0. The maximum absolute atomic E-state index is 13.8. The molecule has 208 valence electrons. The molecule has 0 spiro atoms. The van der Waals surface area contributed by atoms with Gasteiger partial charge in [-0.05, 0) is 73.7 Å². The molecule has 0 radical (unpaired) electrons. The summed E-state index contributed by atoms with van der Waals surface area (Å²) in [7, 11) is -2.70. The molecule has 0 saturated carbocycles. The van der Waals surface area contributed by atoms with Crippen LogP contribution in [0, 0.1) is 0 Å². The first kappa shape index (κ1) is 29.1. The van der Waals surface area contributed by atoms with Gasteiger partial charge in [0, 0.05) is 10.0 Å². The van der Waals surface area contributed by atoms with Gasteiger partial charge in [0.15, 0.2) is 17.2 Å². The molecule has 0 unspecified atom stereocenters. The van der Waals surface area contributed by atoms with Crippen LogP contribution in [0.3, 0.4) is 0 Å². The molecule has 0 fully saturated rings. The van der Waals surface area contributed by atoms with Crippen molar-refractivity contribution in [2.45, 2.75) is 11.8 Å². The van der Waals surface area contributed by atoms with Crippen LogP contribution in [0.25, 0.3) is 0 Å². The number of benzene rings is 4. The molecule has 1 amide bonds. The molecular weight excluding hydrogens is 575 g/mol. The maximum Gasteiger partial charge on any atom is 0.264 e. The molecule has 0 aliphatic heterocycles. The average Bonchev–Trinajstić information content (AvgIpc) is 2.94. The topological polar surface area (TPSA) is 94.2 Å². The third kappa shape index (κ3) is 6.80. The number of rotatable bonds is 11. The van der Waals surface area contributed by atoms with E-state index in [1.807, 2.05) is 0 Å². The van der Waals surface area contributed by atoms with Crippen LogP contribution in [0.15, 0.2) is 95.9 Å². The zero-order chi connectivity index (χ0) is 28.7. The standard InChI is InChI=1S/C29H26Cl2N2O6S/c1-3-38-26-9-5-4-8-24(26)33(40(35,36)22-15-12-20(30)13-16-22)19-29(34)32-23-18-21(31)14-17-25(23)39-28-11-7-6-10-27(28)37-2/h4-18H,3,19H2,1-2H3,(H,32,34). The molecule has 40 heavy (non-hydrogen) atoms. The lowest BCUT2D eigenvalue weighted by Gasteiger charge is -2.26. The van der Waals surface area contributed by atoms with Crippen LogP contribution in [0.1, 0.15) is 6.92 Å². The Morgan fingerprint density at radius 1 is 0.825 bits per heavy atom. The van der Waals surface area contributed by atoms with Gasteiger partial charge in [0.2, 0.25) is 5.91 Å². The molecule has 0 bridgehead atoms. The largest absolute Gasteiger partial charge is 0.493 e. The number of amides is 1. The van der Waals surface area contributed by atoms with Gasteiger partial charge in [0.25, 0.3) is 10.0 Å². The van der Waals surface area contributed by atoms with E-state index in [9.17, 15) is 13.2 Å². The lowest BCUT2D eigenvalue weighted by molar-refractivity contribution is -0.114. The van der Waals surface area contributed by atoms with E-state index in [2.05, 4.69) is 5.32 Å². The number of nitrogens with one attached hydrogen (secondary N) is 1. The smallest absolute Gasteiger partial charge is 0.264 e. The summed E-state index contributed by atoms with van der Waals surface area (Å²) in [6, 6.07) is 24.0. The lowest BCUT2D eigenvalue weighted by atomic mass is 10.2. The van der Waals surface area contributed by atoms with E-state index in [4.69, 9.17) is 37.4 Å². The molecule has 4 aromatic carbocycles. The highest BCUT2D eigenvalue weighted by atomic mass is 35.5. The van der Waals surface area contributed by atoms with Crippen molar-refractivity contribution in [2.24, 2.45) is 0 Å². The van der Waals surface area contributed by atoms with Gasteiger partial charge in [0.1, 0.15) is 12.3 Å². The summed E-state index contributed by atoms with van der Waals surface area (Å²) >= 11 is 12.2. The SMILES string of the molecule is CCOc1ccccc1N(CC(=O)Nc1cc(Cl)ccc1Oc1ccccc1OC)S(=O)(=O)c1ccc(Cl)cc1. The fraction of sp³-hybridized carbons (Fsp3) is 0.138. The molecule has 4 rings (SSSR count). The second kappa shape index (κ2) is 13.0. The molecule has 0 heterocycles. The number of carbonyl (C=O) groups excluding carboxylic acids is 1. The number of ether oxygens (including phenoxy) is 3. The Hall–Kier alpha value is -3.92. The molecule has 0 aromatic heterocycles. The van der Waals surface area contributed by atoms with Crippen LogP contribution in [-0.4, -0.2) is 34.6 Å². The van der Waals surface area contributed by atoms with Crippen molar-refractivity contribution in [1.29, 1.82) is 0 Å². The molecule has 1 N–H and O–H groups in total. The van der Waals surface area contributed by atoms with E-state index in [-0.39, 0.29) is 22.0 Å². The highest BCUT2D eigenvalue weighted by molar-refractivity contribution is 7.92. The summed E-state index contributed by atoms with van der Waals surface area (Å²) in [5, 5.41) is 3.46. The first-order valence-corrected chi connectivity index (χ1v) is 14.3. The zero-order valence-electron chi connectivity index (χ0n) is 21.6. The summed E-state index contributed by atoms with van der Waals surface area (Å²) < 4.78 is 45.7. The van der Waals surface area contributed by atoms with Crippen molar-refractivity contribution < 1.29 is 27.4 Å². The predicted octanol–water partition coefficient (Wildman–Crippen LogP) is 7.03. The Bertz CT molecular complexity index is 1600. The summed E-state index contributed by atoms with van der Waals surface area (Å²) in [6.45, 7) is 1.50. The molecule has 11 heteroatoms. The van der Waals surface area contributed by atoms with Gasteiger partial charge >= 0.3 is 0 Å². The van der Waals surface area contributed by atoms with Crippen LogP contribution < -0.4 is 23.8 Å². The van der Waals surface area contributed by atoms with Crippen molar-refractivity contribution in [2.75, 3.05) is 29.9 Å². The molecule has 4 aromatic rings. The van der Waals surface area contributed by atoms with Crippen molar-refractivity contribution >= 4 is 50.5 Å². The minimum atomic E-state index is -4.21. The monoisotopic (exact) mass is 600 g/mol. The predicted molar refractivity (Wildman–Crippen MR) is 157 cm³/mol. The minimum Gasteiger partial charge on any atom is -0.493 e. The highest BCUT2D eigenvalue weighted by Gasteiger charge is 2.30. The molecule has 0 atom stereocenters. The fourth-order valence-corrected chi connectivity index (χ4v) is 5.53. The van der Waals surface area contributed by atoms with Crippen molar-refractivity contribution in [3.8, 4) is 23.0 Å². The van der Waals surface area contributed by atoms with Crippen LogP contribution >= 0.6 is 23.2 Å². The van der Waals surface area contributed by atoms with Gasteiger partial charge in [-0.1, -0.05) is 47.5 Å². The minimum absolute atomic E-state index is 0.0426. The lowest BCUT2D eigenvalue weighted by Crippen LogP contribution is -2.38. The summed E-state index contributed by atoms with van der Waals surface area (Å²) in [5.41, 5.74) is 0.441. The third-order valence-electron chi connectivity index (χ3n) is 5.63. The maximum atomic E-state index is 13.8. The number of methoxy groups -OCH3 is 1. The fourth-order valence-electron chi connectivity index (χ4n) is 3.80. The van der Waals surface area contributed by atoms with E-state index >= 15 is 0 Å². The first-order valence-electron chi connectivity index (χ1n) is 12.1. The van der Waals surface area contributed by atoms with E-state index < -0.39 is 22.5 Å². The summed E-state index contributed by atoms with van der Waals surface area (Å²) in [4.78, 5) is 13.4. The number of nitrogens with zero attached hydrogens (tertiary/aromatic N) is 1. The second-order valence-electron chi connectivity index (χ2n) is 8.31. The number of hydrogen-bond donors (Lipinski definition) is 1. The van der Waals surface area contributed by atoms with Gasteiger partial charge < -0.3 is 19.5 Å². The number of hydrogen-bond acceptors (Lipinski definition) is 6. The van der Waals surface area contributed by atoms with Gasteiger partial charge in [-0.25, -0.2) is 8.42 Å². The van der Waals surface area contributed by atoms with Crippen molar-refractivity contribution in [1.82, 2.24) is 0 Å². The number of anilines is 2. The highest BCUT2D eigenvalue weighted by Crippen LogP contribution is 2.37. The van der Waals surface area contributed by atoms with Gasteiger partial charge in [-0.15, -0.1) is 0 Å². The summed E-state index contributed by atoms with van der Waals surface area (Å²) in [5.74, 6) is 0.848. The first-order chi connectivity index (χ1) is 19.2. The Morgan fingerprint density at radius 2 is 1.45 bits per heavy atom. The molecule has 8 nitrogen and oxygen atoms in total. The third-order valence-corrected chi connectivity index (χ3v) is 7.89. The van der Waals surface area contributed by atoms with E-state index in [1.54, 1.807) is 67.6 Å². The van der Waals surface area contributed by atoms with Gasteiger partial charge in [0.05, 0.1) is 30.0 Å². The van der Waals surface area contributed by atoms with Crippen LogP contribution in [0.2, 0.25) is 10.0 Å². The van der Waals surface area contributed by atoms with Crippen molar-refractivity contribution in [3.05, 3.63) is 101 Å². The van der Waals surface area contributed by atoms with E-state index in [0.29, 0.717) is 33.9 Å². The van der Waals surface area contributed by atoms with Crippen LogP contribution in [0.4, 0.5) is 11.4 Å². The van der Waals surface area contributed by atoms with E-state index in [0.717, 1.165) is 4.31 Å². The Kier molecular flexibility index (Phi) is 9.42. The molecule has 0 aliphatic rings. The molecule has 0 aliphatic carbocycles. The van der Waals surface area contributed by atoms with Crippen molar-refractivity contribution in [3.63, 3.8) is 0 Å². The van der Waals surface area contributed by atoms with Crippen LogP contribution in [0.5, 0.6) is 23.0 Å². The Morgan fingerprint density at radius 3 is 2.12 bits per heavy atom. The second-order valence-corrected chi connectivity index (χ2v) is 11.0. The van der Waals surface area contributed by atoms with Gasteiger partial charge in [-0.3, -0.25) is 9.10 Å². The van der Waals surface area contributed by atoms with Crippen LogP contribution in [-0.2, 0) is 14.8 Å². The number of carbonyl (C=O) groups is 1. The molecular formula is C29H26Cl2N2O6S. The Labute approximate surface area is 243 Å².